The number of ether oxygens (including phenoxy) is 2. The van der Waals surface area contributed by atoms with Crippen LogP contribution >= 0.6 is 11.6 Å². The van der Waals surface area contributed by atoms with Crippen LogP contribution in [0.15, 0.2) is 18.2 Å². The van der Waals surface area contributed by atoms with Crippen molar-refractivity contribution in [2.24, 2.45) is 5.73 Å². The highest BCUT2D eigenvalue weighted by Gasteiger charge is 2.04. The van der Waals surface area contributed by atoms with E-state index in [9.17, 15) is 5.11 Å². The summed E-state index contributed by atoms with van der Waals surface area (Å²) in [4.78, 5) is 0. The van der Waals surface area contributed by atoms with Crippen LogP contribution in [0.1, 0.15) is 5.56 Å². The number of nitrogens with two attached hydrogens (primary N) is 1. The molecule has 0 saturated carbocycles. The molecule has 1 atom stereocenters. The number of aliphatic hydroxyl groups excluding tert-OH is 1. The Bertz CT molecular complexity index is 333. The summed E-state index contributed by atoms with van der Waals surface area (Å²) < 4.78 is 10.3. The van der Waals surface area contributed by atoms with Crippen molar-refractivity contribution in [3.8, 4) is 5.75 Å². The maximum atomic E-state index is 9.18. The molecule has 4 nitrogen and oxygen atoms in total. The Morgan fingerprint density at radius 3 is 2.81 bits per heavy atom. The fourth-order valence-corrected chi connectivity index (χ4v) is 1.46. The Balaban J connectivity index is 2.46. The minimum atomic E-state index is -0.617. The molecule has 3 N–H and O–H groups in total. The highest BCUT2D eigenvalue weighted by atomic mass is 35.5. The molecule has 16 heavy (non-hydrogen) atoms. The van der Waals surface area contributed by atoms with Crippen molar-refractivity contribution in [2.75, 3.05) is 20.3 Å². The van der Waals surface area contributed by atoms with Crippen LogP contribution in [0.4, 0.5) is 0 Å². The lowest BCUT2D eigenvalue weighted by Gasteiger charge is -2.09. The van der Waals surface area contributed by atoms with E-state index >= 15 is 0 Å². The largest absolute Gasteiger partial charge is 0.495 e. The van der Waals surface area contributed by atoms with Crippen LogP contribution < -0.4 is 10.5 Å². The van der Waals surface area contributed by atoms with Crippen LogP contribution in [0, 0.1) is 0 Å². The molecule has 5 heteroatoms. The lowest BCUT2D eigenvalue weighted by Crippen LogP contribution is -2.24. The summed E-state index contributed by atoms with van der Waals surface area (Å²) >= 11 is 5.95. The molecule has 1 aromatic rings. The van der Waals surface area contributed by atoms with Gasteiger partial charge in [-0.1, -0.05) is 17.7 Å². The van der Waals surface area contributed by atoms with Gasteiger partial charge in [0.15, 0.2) is 0 Å². The van der Waals surface area contributed by atoms with Crippen LogP contribution in [-0.2, 0) is 11.3 Å². The summed E-state index contributed by atoms with van der Waals surface area (Å²) in [6, 6.07) is 5.41. The van der Waals surface area contributed by atoms with Gasteiger partial charge in [-0.15, -0.1) is 0 Å². The zero-order valence-corrected chi connectivity index (χ0v) is 9.91. The summed E-state index contributed by atoms with van der Waals surface area (Å²) in [7, 11) is 1.56. The number of halogens is 1. The molecule has 0 spiro atoms. The first-order valence-electron chi connectivity index (χ1n) is 4.95. The number of hydrogen-bond acceptors (Lipinski definition) is 4. The molecule has 0 aliphatic carbocycles. The highest BCUT2D eigenvalue weighted by Crippen LogP contribution is 2.25. The van der Waals surface area contributed by atoms with E-state index in [1.807, 2.05) is 6.07 Å². The van der Waals surface area contributed by atoms with Gasteiger partial charge in [0, 0.05) is 6.54 Å². The molecule has 1 unspecified atom stereocenters. The number of methoxy groups -OCH3 is 1. The molecular formula is C11H16ClNO3. The number of rotatable bonds is 6. The van der Waals surface area contributed by atoms with Crippen LogP contribution in [0.2, 0.25) is 5.02 Å². The average molecular weight is 246 g/mol. The predicted octanol–water partition coefficient (Wildman–Crippen LogP) is 1.18. The molecular weight excluding hydrogens is 230 g/mol. The van der Waals surface area contributed by atoms with Crippen molar-refractivity contribution in [2.45, 2.75) is 12.7 Å². The van der Waals surface area contributed by atoms with E-state index < -0.39 is 6.10 Å². The van der Waals surface area contributed by atoms with Gasteiger partial charge in [-0.05, 0) is 17.7 Å². The van der Waals surface area contributed by atoms with Crippen LogP contribution in [0.3, 0.4) is 0 Å². The van der Waals surface area contributed by atoms with Gasteiger partial charge in [-0.2, -0.15) is 0 Å². The normalized spacial score (nSPS) is 12.5. The summed E-state index contributed by atoms with van der Waals surface area (Å²) in [5.74, 6) is 0.632. The van der Waals surface area contributed by atoms with Crippen molar-refractivity contribution >= 4 is 11.6 Å². The Morgan fingerprint density at radius 2 is 2.25 bits per heavy atom. The van der Waals surface area contributed by atoms with Gasteiger partial charge in [-0.3, -0.25) is 0 Å². The molecule has 0 heterocycles. The Kier molecular flexibility index (Phi) is 5.55. The van der Waals surface area contributed by atoms with Crippen molar-refractivity contribution < 1.29 is 14.6 Å². The highest BCUT2D eigenvalue weighted by molar-refractivity contribution is 6.32. The Labute approximate surface area is 99.9 Å². The first-order valence-corrected chi connectivity index (χ1v) is 5.33. The lowest BCUT2D eigenvalue weighted by molar-refractivity contribution is 0.0329. The van der Waals surface area contributed by atoms with Crippen LogP contribution in [-0.4, -0.2) is 31.5 Å². The second kappa shape index (κ2) is 6.70. The molecule has 0 bridgehead atoms. The van der Waals surface area contributed by atoms with Gasteiger partial charge in [-0.25, -0.2) is 0 Å². The minimum Gasteiger partial charge on any atom is -0.495 e. The van der Waals surface area contributed by atoms with Gasteiger partial charge in [0.2, 0.25) is 0 Å². The topological polar surface area (TPSA) is 64.7 Å². The molecule has 0 radical (unpaired) electrons. The molecule has 1 aromatic carbocycles. The minimum absolute atomic E-state index is 0.198. The van der Waals surface area contributed by atoms with Crippen LogP contribution in [0.5, 0.6) is 5.75 Å². The van der Waals surface area contributed by atoms with Crippen molar-refractivity contribution in [1.82, 2.24) is 0 Å². The lowest BCUT2D eigenvalue weighted by atomic mass is 10.2. The standard InChI is InChI=1S/C11H16ClNO3/c1-15-11-3-2-8(4-10(11)12)6-16-7-9(14)5-13/h2-4,9,14H,5-7,13H2,1H3. The van der Waals surface area contributed by atoms with Gasteiger partial charge < -0.3 is 20.3 Å². The second-order valence-electron chi connectivity index (χ2n) is 3.37. The second-order valence-corrected chi connectivity index (χ2v) is 3.78. The van der Waals surface area contributed by atoms with Crippen LogP contribution in [0.25, 0.3) is 0 Å². The summed E-state index contributed by atoms with van der Waals surface area (Å²) in [6.45, 7) is 0.810. The van der Waals surface area contributed by atoms with E-state index in [0.717, 1.165) is 5.56 Å². The maximum Gasteiger partial charge on any atom is 0.137 e. The molecule has 0 aliphatic heterocycles. The molecule has 1 rings (SSSR count). The van der Waals surface area contributed by atoms with Gasteiger partial charge in [0.05, 0.1) is 31.5 Å². The quantitative estimate of drug-likeness (QED) is 0.790. The van der Waals surface area contributed by atoms with E-state index in [2.05, 4.69) is 0 Å². The van der Waals surface area contributed by atoms with Crippen molar-refractivity contribution in [3.05, 3.63) is 28.8 Å². The smallest absolute Gasteiger partial charge is 0.137 e. The average Bonchev–Trinajstić information content (AvgIpc) is 2.29. The zero-order chi connectivity index (χ0) is 12.0. The van der Waals surface area contributed by atoms with Crippen molar-refractivity contribution in [1.29, 1.82) is 0 Å². The summed E-state index contributed by atoms with van der Waals surface area (Å²) in [5, 5.41) is 9.72. The van der Waals surface area contributed by atoms with E-state index in [0.29, 0.717) is 17.4 Å². The number of hydrogen-bond donors (Lipinski definition) is 2. The third-order valence-corrected chi connectivity index (χ3v) is 2.36. The zero-order valence-electron chi connectivity index (χ0n) is 9.15. The van der Waals surface area contributed by atoms with E-state index in [1.54, 1.807) is 19.2 Å². The monoisotopic (exact) mass is 245 g/mol. The number of aliphatic hydroxyl groups is 1. The first-order chi connectivity index (χ1) is 7.67. The predicted molar refractivity (Wildman–Crippen MR) is 62.7 cm³/mol. The molecule has 0 aromatic heterocycles. The maximum absolute atomic E-state index is 9.18. The molecule has 90 valence electrons. The SMILES string of the molecule is COc1ccc(COCC(O)CN)cc1Cl. The third-order valence-electron chi connectivity index (χ3n) is 2.07. The molecule has 0 saturated heterocycles. The van der Waals surface area contributed by atoms with Crippen molar-refractivity contribution in [3.63, 3.8) is 0 Å². The first kappa shape index (κ1) is 13.3. The van der Waals surface area contributed by atoms with Gasteiger partial charge in [0.1, 0.15) is 5.75 Å². The fourth-order valence-electron chi connectivity index (χ4n) is 1.18. The third kappa shape index (κ3) is 3.98. The fraction of sp³-hybridized carbons (Fsp3) is 0.455. The number of benzene rings is 1. The summed E-state index contributed by atoms with van der Waals surface area (Å²) in [6.07, 6.45) is -0.617. The van der Waals surface area contributed by atoms with Gasteiger partial charge >= 0.3 is 0 Å². The Morgan fingerprint density at radius 1 is 1.50 bits per heavy atom. The van der Waals surface area contributed by atoms with E-state index in [1.165, 1.54) is 0 Å². The molecule has 0 fully saturated rings. The summed E-state index contributed by atoms with van der Waals surface area (Å²) in [5.41, 5.74) is 6.17. The van der Waals surface area contributed by atoms with Gasteiger partial charge in [0.25, 0.3) is 0 Å². The Hall–Kier alpha value is -0.810. The molecule has 0 amide bonds. The van der Waals surface area contributed by atoms with E-state index in [-0.39, 0.29) is 13.2 Å². The van der Waals surface area contributed by atoms with E-state index in [4.69, 9.17) is 26.8 Å². The molecule has 0 aliphatic rings.